The molecule has 0 aliphatic heterocycles. The van der Waals surface area contributed by atoms with E-state index < -0.39 is 0 Å². The smallest absolute Gasteiger partial charge is 0.139 e. The molecular weight excluding hydrogens is 182 g/mol. The molecule has 2 nitrogen and oxygen atoms in total. The van der Waals surface area contributed by atoms with E-state index in [0.29, 0.717) is 12.8 Å². The number of carbonyl (C=O) groups is 1. The second-order valence-electron chi connectivity index (χ2n) is 2.78. The van der Waals surface area contributed by atoms with Crippen molar-refractivity contribution in [2.24, 2.45) is 0 Å². The molecule has 1 aromatic heterocycles. The highest BCUT2D eigenvalue weighted by atomic mass is 32.2. The van der Waals surface area contributed by atoms with Crippen LogP contribution < -0.4 is 0 Å². The highest BCUT2D eigenvalue weighted by Crippen LogP contribution is 2.01. The van der Waals surface area contributed by atoms with Crippen LogP contribution in [0.25, 0.3) is 0 Å². The van der Waals surface area contributed by atoms with E-state index in [1.165, 1.54) is 0 Å². The first-order chi connectivity index (χ1) is 6.33. The Balaban J connectivity index is 2.37. The van der Waals surface area contributed by atoms with Crippen molar-refractivity contribution in [1.82, 2.24) is 4.98 Å². The highest BCUT2D eigenvalue weighted by molar-refractivity contribution is 7.98. The number of rotatable bonds is 5. The molecule has 0 atom stereocenters. The Morgan fingerprint density at radius 3 is 3.00 bits per heavy atom. The number of ketones is 1. The fraction of sp³-hybridized carbons (Fsp3) is 0.400. The van der Waals surface area contributed by atoms with Crippen molar-refractivity contribution in [3.05, 3.63) is 30.1 Å². The molecule has 3 heteroatoms. The molecule has 0 aromatic carbocycles. The van der Waals surface area contributed by atoms with Crippen LogP contribution in [0.2, 0.25) is 0 Å². The summed E-state index contributed by atoms with van der Waals surface area (Å²) in [5.41, 5.74) is 0.869. The minimum atomic E-state index is 0.271. The third-order valence-corrected chi connectivity index (χ3v) is 2.30. The molecule has 0 aliphatic rings. The number of carbonyl (C=O) groups excluding carboxylic acids is 1. The Morgan fingerprint density at radius 1 is 1.54 bits per heavy atom. The second kappa shape index (κ2) is 5.75. The fourth-order valence-corrected chi connectivity index (χ4v) is 1.44. The Hall–Kier alpha value is -0.830. The van der Waals surface area contributed by atoms with Gasteiger partial charge in [0.2, 0.25) is 0 Å². The second-order valence-corrected chi connectivity index (χ2v) is 3.76. The van der Waals surface area contributed by atoms with Crippen molar-refractivity contribution in [3.8, 4) is 0 Å². The Morgan fingerprint density at radius 2 is 2.38 bits per heavy atom. The number of Topliss-reactive ketones (excluding diaryl/α,β-unsaturated/α-hetero) is 1. The number of hydrogen-bond donors (Lipinski definition) is 0. The van der Waals surface area contributed by atoms with Crippen LogP contribution in [0, 0.1) is 0 Å². The van der Waals surface area contributed by atoms with Gasteiger partial charge in [-0.25, -0.2) is 0 Å². The molecule has 0 aliphatic carbocycles. The van der Waals surface area contributed by atoms with Gasteiger partial charge in [-0.3, -0.25) is 9.78 Å². The van der Waals surface area contributed by atoms with Crippen molar-refractivity contribution in [1.29, 1.82) is 0 Å². The third kappa shape index (κ3) is 4.08. The minimum Gasteiger partial charge on any atom is -0.299 e. The lowest BCUT2D eigenvalue weighted by atomic mass is 10.2. The van der Waals surface area contributed by atoms with Crippen LogP contribution in [0.4, 0.5) is 0 Å². The third-order valence-electron chi connectivity index (χ3n) is 1.69. The van der Waals surface area contributed by atoms with Gasteiger partial charge in [-0.1, -0.05) is 6.07 Å². The molecular formula is C10H13NOS. The fourth-order valence-electron chi connectivity index (χ4n) is 1.01. The quantitative estimate of drug-likeness (QED) is 0.719. The van der Waals surface area contributed by atoms with E-state index in [1.54, 1.807) is 18.0 Å². The zero-order chi connectivity index (χ0) is 9.52. The normalized spacial score (nSPS) is 9.92. The van der Waals surface area contributed by atoms with Crippen molar-refractivity contribution in [2.75, 3.05) is 12.0 Å². The molecule has 1 aromatic rings. The van der Waals surface area contributed by atoms with Gasteiger partial charge in [-0.15, -0.1) is 0 Å². The van der Waals surface area contributed by atoms with E-state index >= 15 is 0 Å². The predicted octanol–water partition coefficient (Wildman–Crippen LogP) is 1.95. The van der Waals surface area contributed by atoms with Crippen LogP contribution in [0.3, 0.4) is 0 Å². The van der Waals surface area contributed by atoms with E-state index in [-0.39, 0.29) is 5.78 Å². The maximum atomic E-state index is 11.3. The van der Waals surface area contributed by atoms with Gasteiger partial charge in [0.1, 0.15) is 5.78 Å². The topological polar surface area (TPSA) is 30.0 Å². The molecule has 0 saturated carbocycles. The standard InChI is InChI=1S/C10H13NOS/c1-13-7-5-10(12)8-9-4-2-3-6-11-9/h2-4,6H,5,7-8H2,1H3. The summed E-state index contributed by atoms with van der Waals surface area (Å²) >= 11 is 1.70. The summed E-state index contributed by atoms with van der Waals surface area (Å²) in [6.45, 7) is 0. The summed E-state index contributed by atoms with van der Waals surface area (Å²) in [6, 6.07) is 5.65. The number of hydrogen-bond acceptors (Lipinski definition) is 3. The minimum absolute atomic E-state index is 0.271. The van der Waals surface area contributed by atoms with Crippen LogP contribution in [-0.2, 0) is 11.2 Å². The maximum absolute atomic E-state index is 11.3. The average Bonchev–Trinajstić information content (AvgIpc) is 2.16. The highest BCUT2D eigenvalue weighted by Gasteiger charge is 2.02. The van der Waals surface area contributed by atoms with Gasteiger partial charge in [-0.2, -0.15) is 11.8 Å². The SMILES string of the molecule is CSCCC(=O)Cc1ccccn1. The largest absolute Gasteiger partial charge is 0.299 e. The number of thioether (sulfide) groups is 1. The van der Waals surface area contributed by atoms with E-state index in [0.717, 1.165) is 11.4 Å². The van der Waals surface area contributed by atoms with Crippen LogP contribution >= 0.6 is 11.8 Å². The average molecular weight is 195 g/mol. The molecule has 13 heavy (non-hydrogen) atoms. The van der Waals surface area contributed by atoms with Crippen molar-refractivity contribution in [3.63, 3.8) is 0 Å². The molecule has 1 heterocycles. The van der Waals surface area contributed by atoms with Gasteiger partial charge in [-0.05, 0) is 24.1 Å². The van der Waals surface area contributed by atoms with Gasteiger partial charge < -0.3 is 0 Å². The van der Waals surface area contributed by atoms with E-state index in [2.05, 4.69) is 4.98 Å². The summed E-state index contributed by atoms with van der Waals surface area (Å²) in [5, 5.41) is 0. The molecule has 0 fully saturated rings. The molecule has 1 rings (SSSR count). The summed E-state index contributed by atoms with van der Waals surface area (Å²) in [5.74, 6) is 1.18. The molecule has 0 N–H and O–H groups in total. The summed E-state index contributed by atoms with van der Waals surface area (Å²) in [4.78, 5) is 15.4. The van der Waals surface area contributed by atoms with E-state index in [4.69, 9.17) is 0 Å². The molecule has 0 unspecified atom stereocenters. The lowest BCUT2D eigenvalue weighted by Crippen LogP contribution is -2.04. The van der Waals surface area contributed by atoms with Crippen LogP contribution in [0.5, 0.6) is 0 Å². The maximum Gasteiger partial charge on any atom is 0.139 e. The molecule has 0 spiro atoms. The lowest BCUT2D eigenvalue weighted by molar-refractivity contribution is -0.118. The molecule has 70 valence electrons. The van der Waals surface area contributed by atoms with E-state index in [9.17, 15) is 4.79 Å². The summed E-state index contributed by atoms with van der Waals surface area (Å²) < 4.78 is 0. The van der Waals surface area contributed by atoms with Crippen LogP contribution in [-0.4, -0.2) is 22.8 Å². The summed E-state index contributed by atoms with van der Waals surface area (Å²) in [6.07, 6.45) is 4.85. The Labute approximate surface area is 82.8 Å². The predicted molar refractivity (Wildman–Crippen MR) is 55.9 cm³/mol. The zero-order valence-corrected chi connectivity index (χ0v) is 8.51. The number of pyridine rings is 1. The molecule has 0 amide bonds. The van der Waals surface area contributed by atoms with Crippen LogP contribution in [0.1, 0.15) is 12.1 Å². The van der Waals surface area contributed by atoms with Crippen molar-refractivity contribution in [2.45, 2.75) is 12.8 Å². The Kier molecular flexibility index (Phi) is 4.54. The van der Waals surface area contributed by atoms with Crippen LogP contribution in [0.15, 0.2) is 24.4 Å². The van der Waals surface area contributed by atoms with E-state index in [1.807, 2.05) is 24.5 Å². The zero-order valence-electron chi connectivity index (χ0n) is 7.69. The van der Waals surface area contributed by atoms with Gasteiger partial charge in [0.15, 0.2) is 0 Å². The first-order valence-electron chi connectivity index (χ1n) is 4.23. The molecule has 0 bridgehead atoms. The molecule has 0 radical (unpaired) electrons. The number of nitrogens with zero attached hydrogens (tertiary/aromatic N) is 1. The lowest BCUT2D eigenvalue weighted by Gasteiger charge is -1.98. The van der Waals surface area contributed by atoms with Crippen molar-refractivity contribution >= 4 is 17.5 Å². The first kappa shape index (κ1) is 10.3. The number of aromatic nitrogens is 1. The Bertz CT molecular complexity index is 261. The van der Waals surface area contributed by atoms with Gasteiger partial charge >= 0.3 is 0 Å². The molecule has 0 saturated heterocycles. The van der Waals surface area contributed by atoms with Gasteiger partial charge in [0, 0.05) is 24.7 Å². The monoisotopic (exact) mass is 195 g/mol. The van der Waals surface area contributed by atoms with Crippen molar-refractivity contribution < 1.29 is 4.79 Å². The van der Waals surface area contributed by atoms with Gasteiger partial charge in [0.05, 0.1) is 0 Å². The first-order valence-corrected chi connectivity index (χ1v) is 5.63. The van der Waals surface area contributed by atoms with Gasteiger partial charge in [0.25, 0.3) is 0 Å². The summed E-state index contributed by atoms with van der Waals surface area (Å²) in [7, 11) is 0.